The van der Waals surface area contributed by atoms with E-state index in [2.05, 4.69) is 5.32 Å². The molecule has 1 fully saturated rings. The van der Waals surface area contributed by atoms with Crippen LogP contribution in [0.1, 0.15) is 47.0 Å². The highest BCUT2D eigenvalue weighted by Gasteiger charge is 2.59. The quantitative estimate of drug-likeness (QED) is 0.583. The van der Waals surface area contributed by atoms with Gasteiger partial charge in [-0.05, 0) is 58.7 Å². The maximum atomic E-state index is 13.1. The Labute approximate surface area is 164 Å². The highest BCUT2D eigenvalue weighted by Crippen LogP contribution is 2.42. The molecule has 2 rings (SSSR count). The van der Waals surface area contributed by atoms with Crippen molar-refractivity contribution in [3.63, 3.8) is 0 Å². The van der Waals surface area contributed by atoms with E-state index in [1.807, 2.05) is 0 Å². The summed E-state index contributed by atoms with van der Waals surface area (Å²) in [7, 11) is 0. The van der Waals surface area contributed by atoms with Crippen LogP contribution in [-0.2, 0) is 23.9 Å². The zero-order valence-electron chi connectivity index (χ0n) is 16.1. The normalized spacial score (nSPS) is 20.9. The fraction of sp³-hybridized carbons (Fsp3) is 0.550. The van der Waals surface area contributed by atoms with Gasteiger partial charge in [-0.25, -0.2) is 4.79 Å². The van der Waals surface area contributed by atoms with E-state index in [9.17, 15) is 14.4 Å². The van der Waals surface area contributed by atoms with E-state index < -0.39 is 29.0 Å². The van der Waals surface area contributed by atoms with Gasteiger partial charge in [0.25, 0.3) is 0 Å². The highest BCUT2D eigenvalue weighted by atomic mass is 35.5. The van der Waals surface area contributed by atoms with Crippen LogP contribution in [0.25, 0.3) is 0 Å². The number of rotatable bonds is 6. The maximum Gasteiger partial charge on any atom is 0.330 e. The number of ether oxygens (including phenoxy) is 2. The predicted molar refractivity (Wildman–Crippen MR) is 103 cm³/mol. The Morgan fingerprint density at radius 3 is 2.56 bits per heavy atom. The van der Waals surface area contributed by atoms with Crippen molar-refractivity contribution in [2.75, 3.05) is 11.9 Å². The van der Waals surface area contributed by atoms with Crippen molar-refractivity contribution in [3.05, 3.63) is 29.3 Å². The zero-order chi connectivity index (χ0) is 20.2. The van der Waals surface area contributed by atoms with Crippen molar-refractivity contribution in [3.8, 4) is 0 Å². The molecule has 1 aromatic rings. The van der Waals surface area contributed by atoms with E-state index in [-0.39, 0.29) is 25.2 Å². The smallest absolute Gasteiger partial charge is 0.330 e. The number of nitrogens with one attached hydrogen (secondary N) is 1. The first-order valence-corrected chi connectivity index (χ1v) is 9.43. The summed E-state index contributed by atoms with van der Waals surface area (Å²) in [6.45, 7) is 6.97. The molecule has 7 heteroatoms. The standard InChI is InChI=1S/C20H26ClNO5/c1-5-26-17(24)16(22-14-9-6-8-13(21)12-14)20(11-7-10-15(20)23)18(25)27-19(2,3)4/h6,8-9,12,16,22H,5,7,10-11H2,1-4H3. The number of hydrogen-bond acceptors (Lipinski definition) is 6. The molecule has 1 aromatic carbocycles. The maximum absolute atomic E-state index is 13.1. The van der Waals surface area contributed by atoms with E-state index in [1.54, 1.807) is 52.0 Å². The molecular formula is C20H26ClNO5. The SMILES string of the molecule is CCOC(=O)C(Nc1cccc(Cl)c1)C1(C(=O)OC(C)(C)C)CCCC1=O. The largest absolute Gasteiger partial charge is 0.464 e. The van der Waals surface area contributed by atoms with Crippen LogP contribution >= 0.6 is 11.6 Å². The van der Waals surface area contributed by atoms with Crippen LogP contribution in [0, 0.1) is 5.41 Å². The third kappa shape index (κ3) is 4.80. The van der Waals surface area contributed by atoms with E-state index in [0.717, 1.165) is 0 Å². The Kier molecular flexibility index (Phi) is 6.52. The molecule has 27 heavy (non-hydrogen) atoms. The Morgan fingerprint density at radius 2 is 2.04 bits per heavy atom. The average Bonchev–Trinajstić information content (AvgIpc) is 2.93. The number of hydrogen-bond donors (Lipinski definition) is 1. The summed E-state index contributed by atoms with van der Waals surface area (Å²) in [6, 6.07) is 5.54. The fourth-order valence-electron chi connectivity index (χ4n) is 3.25. The molecule has 0 saturated heterocycles. The lowest BCUT2D eigenvalue weighted by Crippen LogP contribution is -2.56. The molecule has 1 saturated carbocycles. The van der Waals surface area contributed by atoms with Gasteiger partial charge in [0.2, 0.25) is 0 Å². The first-order chi connectivity index (χ1) is 12.6. The molecule has 1 N–H and O–H groups in total. The molecule has 1 aliphatic rings. The Balaban J connectivity index is 2.48. The van der Waals surface area contributed by atoms with Gasteiger partial charge in [0.15, 0.2) is 11.2 Å². The summed E-state index contributed by atoms with van der Waals surface area (Å²) in [5, 5.41) is 3.47. The summed E-state index contributed by atoms with van der Waals surface area (Å²) in [6.07, 6.45) is 0.940. The number of Topliss-reactive ketones (excluding diaryl/α,β-unsaturated/α-hetero) is 1. The molecule has 148 valence electrons. The van der Waals surface area contributed by atoms with Gasteiger partial charge >= 0.3 is 11.9 Å². The number of carbonyl (C=O) groups excluding carboxylic acids is 3. The molecule has 0 radical (unpaired) electrons. The van der Waals surface area contributed by atoms with Gasteiger partial charge < -0.3 is 14.8 Å². The van der Waals surface area contributed by atoms with Gasteiger partial charge in [-0.1, -0.05) is 17.7 Å². The minimum Gasteiger partial charge on any atom is -0.464 e. The first-order valence-electron chi connectivity index (χ1n) is 9.05. The van der Waals surface area contributed by atoms with Crippen molar-refractivity contribution >= 4 is 35.0 Å². The van der Waals surface area contributed by atoms with Gasteiger partial charge in [0.05, 0.1) is 6.61 Å². The van der Waals surface area contributed by atoms with Crippen LogP contribution in [0.4, 0.5) is 5.69 Å². The van der Waals surface area contributed by atoms with Gasteiger partial charge in [0.1, 0.15) is 11.6 Å². The summed E-state index contributed by atoms with van der Waals surface area (Å²) < 4.78 is 10.7. The predicted octanol–water partition coefficient (Wildman–Crippen LogP) is 3.76. The molecule has 0 heterocycles. The summed E-state index contributed by atoms with van der Waals surface area (Å²) in [5.74, 6) is -1.69. The lowest BCUT2D eigenvalue weighted by Gasteiger charge is -2.35. The molecule has 6 nitrogen and oxygen atoms in total. The number of esters is 2. The van der Waals surface area contributed by atoms with Crippen LogP contribution in [0.5, 0.6) is 0 Å². The monoisotopic (exact) mass is 395 g/mol. The Morgan fingerprint density at radius 1 is 1.33 bits per heavy atom. The second kappa shape index (κ2) is 8.30. The van der Waals surface area contributed by atoms with E-state index >= 15 is 0 Å². The van der Waals surface area contributed by atoms with Crippen LogP contribution in [-0.4, -0.2) is 36.0 Å². The summed E-state index contributed by atoms with van der Waals surface area (Å²) in [4.78, 5) is 38.7. The van der Waals surface area contributed by atoms with Crippen LogP contribution in [0.3, 0.4) is 0 Å². The number of ketones is 1. The van der Waals surface area contributed by atoms with Crippen molar-refractivity contribution in [1.82, 2.24) is 0 Å². The van der Waals surface area contributed by atoms with Crippen LogP contribution in [0.15, 0.2) is 24.3 Å². The lowest BCUT2D eigenvalue weighted by atomic mass is 9.77. The first kappa shape index (κ1) is 21.2. The topological polar surface area (TPSA) is 81.7 Å². The molecule has 0 aliphatic heterocycles. The molecule has 2 atom stereocenters. The molecule has 0 bridgehead atoms. The van der Waals surface area contributed by atoms with E-state index in [4.69, 9.17) is 21.1 Å². The molecule has 1 aliphatic carbocycles. The molecule has 0 spiro atoms. The number of benzene rings is 1. The third-order valence-corrected chi connectivity index (χ3v) is 4.62. The van der Waals surface area contributed by atoms with Crippen molar-refractivity contribution in [2.24, 2.45) is 5.41 Å². The number of carbonyl (C=O) groups is 3. The van der Waals surface area contributed by atoms with Crippen LogP contribution in [0.2, 0.25) is 5.02 Å². The molecular weight excluding hydrogens is 370 g/mol. The summed E-state index contributed by atoms with van der Waals surface area (Å²) in [5.41, 5.74) is -1.90. The minimum atomic E-state index is -1.62. The summed E-state index contributed by atoms with van der Waals surface area (Å²) >= 11 is 6.03. The lowest BCUT2D eigenvalue weighted by molar-refractivity contribution is -0.174. The van der Waals surface area contributed by atoms with Crippen molar-refractivity contribution in [2.45, 2.75) is 58.6 Å². The number of halogens is 1. The second-order valence-electron chi connectivity index (χ2n) is 7.59. The average molecular weight is 396 g/mol. The van der Waals surface area contributed by atoms with E-state index in [0.29, 0.717) is 17.1 Å². The Hall–Kier alpha value is -2.08. The van der Waals surface area contributed by atoms with Gasteiger partial charge in [0, 0.05) is 17.1 Å². The molecule has 0 aromatic heterocycles. The van der Waals surface area contributed by atoms with Crippen molar-refractivity contribution < 1.29 is 23.9 Å². The zero-order valence-corrected chi connectivity index (χ0v) is 16.9. The Bertz CT molecular complexity index is 727. The van der Waals surface area contributed by atoms with Crippen molar-refractivity contribution in [1.29, 1.82) is 0 Å². The highest BCUT2D eigenvalue weighted by molar-refractivity contribution is 6.30. The number of anilines is 1. The van der Waals surface area contributed by atoms with Gasteiger partial charge in [-0.15, -0.1) is 0 Å². The van der Waals surface area contributed by atoms with Crippen LogP contribution < -0.4 is 5.32 Å². The third-order valence-electron chi connectivity index (χ3n) is 4.39. The second-order valence-corrected chi connectivity index (χ2v) is 8.03. The molecule has 2 unspecified atom stereocenters. The molecule has 0 amide bonds. The minimum absolute atomic E-state index is 0.130. The van der Waals surface area contributed by atoms with Gasteiger partial charge in [-0.3, -0.25) is 9.59 Å². The van der Waals surface area contributed by atoms with E-state index in [1.165, 1.54) is 0 Å². The van der Waals surface area contributed by atoms with Gasteiger partial charge in [-0.2, -0.15) is 0 Å². The fourth-order valence-corrected chi connectivity index (χ4v) is 3.44.